The number of hydrogen-bond acceptors (Lipinski definition) is 1. The van der Waals surface area contributed by atoms with E-state index in [9.17, 15) is 4.79 Å². The summed E-state index contributed by atoms with van der Waals surface area (Å²) in [5, 5.41) is 0. The maximum absolute atomic E-state index is 12.1. The van der Waals surface area contributed by atoms with Gasteiger partial charge < -0.3 is 0 Å². The van der Waals surface area contributed by atoms with E-state index >= 15 is 0 Å². The summed E-state index contributed by atoms with van der Waals surface area (Å²) in [6.07, 6.45) is 5.33. The van der Waals surface area contributed by atoms with Crippen LogP contribution in [0.2, 0.25) is 0 Å². The van der Waals surface area contributed by atoms with Crippen LogP contribution in [0.15, 0.2) is 42.5 Å². The highest BCUT2D eigenvalue weighted by molar-refractivity contribution is 6.21. The number of carbonyl (C=O) groups is 1. The molecule has 1 nitrogen and oxygen atoms in total. The Balaban J connectivity index is 2.34. The van der Waals surface area contributed by atoms with Crippen LogP contribution in [0.4, 0.5) is 0 Å². The molecular formula is C15H8O. The summed E-state index contributed by atoms with van der Waals surface area (Å²) >= 11 is 0. The van der Waals surface area contributed by atoms with Crippen LogP contribution in [0.5, 0.6) is 0 Å². The average Bonchev–Trinajstić information content (AvgIpc) is 2.64. The van der Waals surface area contributed by atoms with E-state index < -0.39 is 0 Å². The van der Waals surface area contributed by atoms with Crippen LogP contribution in [0, 0.1) is 12.3 Å². The third-order valence-electron chi connectivity index (χ3n) is 2.89. The zero-order valence-corrected chi connectivity index (χ0v) is 8.53. The summed E-state index contributed by atoms with van der Waals surface area (Å²) in [5.74, 6) is 2.62. The third-order valence-corrected chi connectivity index (χ3v) is 2.89. The van der Waals surface area contributed by atoms with Crippen molar-refractivity contribution in [3.8, 4) is 23.5 Å². The van der Waals surface area contributed by atoms with Gasteiger partial charge in [-0.15, -0.1) is 6.42 Å². The van der Waals surface area contributed by atoms with E-state index in [-0.39, 0.29) is 5.78 Å². The molecule has 74 valence electrons. The average molecular weight is 204 g/mol. The summed E-state index contributed by atoms with van der Waals surface area (Å²) < 4.78 is 0. The lowest BCUT2D eigenvalue weighted by Gasteiger charge is -1.99. The molecule has 0 radical (unpaired) electrons. The Morgan fingerprint density at radius 3 is 2.31 bits per heavy atom. The molecule has 3 rings (SSSR count). The minimum absolute atomic E-state index is 0.0719. The van der Waals surface area contributed by atoms with Gasteiger partial charge in [0.05, 0.1) is 0 Å². The second kappa shape index (κ2) is 3.08. The number of ketones is 1. The van der Waals surface area contributed by atoms with E-state index in [4.69, 9.17) is 6.42 Å². The molecule has 0 saturated heterocycles. The van der Waals surface area contributed by atoms with Crippen LogP contribution in [0.25, 0.3) is 11.1 Å². The van der Waals surface area contributed by atoms with Gasteiger partial charge in [0, 0.05) is 16.7 Å². The molecule has 0 fully saturated rings. The molecule has 0 amide bonds. The zero-order valence-electron chi connectivity index (χ0n) is 8.53. The molecule has 0 unspecified atom stereocenters. The van der Waals surface area contributed by atoms with Crippen LogP contribution in [-0.2, 0) is 0 Å². The maximum Gasteiger partial charge on any atom is 0.194 e. The molecule has 0 heterocycles. The third kappa shape index (κ3) is 1.04. The SMILES string of the molecule is C#Cc1ccc2c(c1)C(=O)c1ccccc1-2. The van der Waals surface area contributed by atoms with E-state index in [1.54, 1.807) is 6.07 Å². The summed E-state index contributed by atoms with van der Waals surface area (Å²) in [4.78, 5) is 12.1. The minimum Gasteiger partial charge on any atom is -0.289 e. The van der Waals surface area contributed by atoms with Crippen molar-refractivity contribution in [1.29, 1.82) is 0 Å². The Labute approximate surface area is 93.7 Å². The molecule has 0 aromatic heterocycles. The lowest BCUT2D eigenvalue weighted by molar-refractivity contribution is 0.104. The van der Waals surface area contributed by atoms with Crippen molar-refractivity contribution in [2.24, 2.45) is 0 Å². The monoisotopic (exact) mass is 204 g/mol. The first kappa shape index (κ1) is 8.94. The first-order valence-corrected chi connectivity index (χ1v) is 5.06. The normalized spacial score (nSPS) is 11.8. The molecule has 0 N–H and O–H groups in total. The van der Waals surface area contributed by atoms with Crippen LogP contribution in [0.3, 0.4) is 0 Å². The van der Waals surface area contributed by atoms with E-state index in [2.05, 4.69) is 5.92 Å². The van der Waals surface area contributed by atoms with Gasteiger partial charge in [0.1, 0.15) is 0 Å². The molecule has 2 aromatic rings. The Hall–Kier alpha value is -2.33. The molecule has 2 aromatic carbocycles. The maximum atomic E-state index is 12.1. The first-order valence-electron chi connectivity index (χ1n) is 5.06. The van der Waals surface area contributed by atoms with E-state index in [0.29, 0.717) is 0 Å². The number of carbonyl (C=O) groups excluding carboxylic acids is 1. The number of terminal acetylenes is 1. The molecule has 0 atom stereocenters. The van der Waals surface area contributed by atoms with Gasteiger partial charge in [-0.3, -0.25) is 4.79 Å². The summed E-state index contributed by atoms with van der Waals surface area (Å²) in [6, 6.07) is 13.2. The summed E-state index contributed by atoms with van der Waals surface area (Å²) in [5.41, 5.74) is 4.23. The van der Waals surface area contributed by atoms with Gasteiger partial charge in [0.15, 0.2) is 5.78 Å². The standard InChI is InChI=1S/C15H8O/c1-2-10-7-8-12-11-5-3-4-6-13(11)15(16)14(12)9-10/h1,3-9H. The van der Waals surface area contributed by atoms with E-state index in [1.165, 1.54) is 0 Å². The van der Waals surface area contributed by atoms with Crippen LogP contribution in [0.1, 0.15) is 21.5 Å². The van der Waals surface area contributed by atoms with Gasteiger partial charge in [-0.1, -0.05) is 36.3 Å². The number of benzene rings is 2. The van der Waals surface area contributed by atoms with Gasteiger partial charge in [-0.2, -0.15) is 0 Å². The van der Waals surface area contributed by atoms with Crippen molar-refractivity contribution >= 4 is 5.78 Å². The van der Waals surface area contributed by atoms with Gasteiger partial charge in [0.25, 0.3) is 0 Å². The number of fused-ring (bicyclic) bond motifs is 3. The van der Waals surface area contributed by atoms with Crippen molar-refractivity contribution in [3.63, 3.8) is 0 Å². The van der Waals surface area contributed by atoms with Crippen LogP contribution < -0.4 is 0 Å². The molecule has 0 spiro atoms. The fraction of sp³-hybridized carbons (Fsp3) is 0. The number of hydrogen-bond donors (Lipinski definition) is 0. The summed E-state index contributed by atoms with van der Waals surface area (Å²) in [7, 11) is 0. The lowest BCUT2D eigenvalue weighted by atomic mass is 10.0. The van der Waals surface area contributed by atoms with Gasteiger partial charge >= 0.3 is 0 Å². The van der Waals surface area contributed by atoms with Crippen molar-refractivity contribution in [2.45, 2.75) is 0 Å². The summed E-state index contributed by atoms with van der Waals surface area (Å²) in [6.45, 7) is 0. The molecule has 1 heteroatoms. The molecule has 1 aliphatic rings. The molecule has 0 bridgehead atoms. The first-order chi connectivity index (χ1) is 7.81. The predicted octanol–water partition coefficient (Wildman–Crippen LogP) is 2.88. The second-order valence-corrected chi connectivity index (χ2v) is 3.78. The minimum atomic E-state index is 0.0719. The highest BCUT2D eigenvalue weighted by atomic mass is 16.1. The van der Waals surface area contributed by atoms with Gasteiger partial charge in [-0.05, 0) is 23.3 Å². The quantitative estimate of drug-likeness (QED) is 0.514. The second-order valence-electron chi connectivity index (χ2n) is 3.78. The molecule has 0 aliphatic heterocycles. The van der Waals surface area contributed by atoms with Crippen LogP contribution >= 0.6 is 0 Å². The zero-order chi connectivity index (χ0) is 11.1. The molecule has 1 aliphatic carbocycles. The fourth-order valence-electron chi connectivity index (χ4n) is 2.12. The topological polar surface area (TPSA) is 17.1 Å². The van der Waals surface area contributed by atoms with Crippen molar-refractivity contribution in [3.05, 3.63) is 59.2 Å². The Kier molecular flexibility index (Phi) is 1.72. The number of rotatable bonds is 0. The molecule has 16 heavy (non-hydrogen) atoms. The smallest absolute Gasteiger partial charge is 0.194 e. The molecular weight excluding hydrogens is 196 g/mol. The Morgan fingerprint density at radius 1 is 0.875 bits per heavy atom. The predicted molar refractivity (Wildman–Crippen MR) is 63.2 cm³/mol. The van der Waals surface area contributed by atoms with Crippen molar-refractivity contribution in [1.82, 2.24) is 0 Å². The lowest BCUT2D eigenvalue weighted by Crippen LogP contribution is -1.94. The van der Waals surface area contributed by atoms with Gasteiger partial charge in [0.2, 0.25) is 0 Å². The van der Waals surface area contributed by atoms with E-state index in [0.717, 1.165) is 27.8 Å². The van der Waals surface area contributed by atoms with Gasteiger partial charge in [-0.25, -0.2) is 0 Å². The fourth-order valence-corrected chi connectivity index (χ4v) is 2.12. The van der Waals surface area contributed by atoms with Crippen molar-refractivity contribution < 1.29 is 4.79 Å². The highest BCUT2D eigenvalue weighted by Gasteiger charge is 2.25. The van der Waals surface area contributed by atoms with E-state index in [1.807, 2.05) is 36.4 Å². The Morgan fingerprint density at radius 2 is 1.56 bits per heavy atom. The highest BCUT2D eigenvalue weighted by Crippen LogP contribution is 2.36. The molecule has 0 saturated carbocycles. The van der Waals surface area contributed by atoms with Crippen LogP contribution in [-0.4, -0.2) is 5.78 Å². The largest absolute Gasteiger partial charge is 0.289 e. The Bertz CT molecular complexity index is 645. The van der Waals surface area contributed by atoms with Crippen molar-refractivity contribution in [2.75, 3.05) is 0 Å².